The van der Waals surface area contributed by atoms with E-state index in [1.54, 1.807) is 0 Å². The van der Waals surface area contributed by atoms with E-state index in [0.717, 1.165) is 25.2 Å². The largest absolute Gasteiger partial charge is 0.369 e. The fraction of sp³-hybridized carbons (Fsp3) is 0.875. The Hall–Kier alpha value is -1.06. The molecular weight excluding hydrogens is 252 g/mol. The number of carbonyl (C=O) groups excluding carboxylic acids is 2. The second kappa shape index (κ2) is 6.59. The highest BCUT2D eigenvalue weighted by Crippen LogP contribution is 2.45. The van der Waals surface area contributed by atoms with Gasteiger partial charge in [-0.25, -0.2) is 0 Å². The summed E-state index contributed by atoms with van der Waals surface area (Å²) in [6, 6.07) is 0. The van der Waals surface area contributed by atoms with Gasteiger partial charge in [0.05, 0.1) is 0 Å². The molecule has 114 valence electrons. The van der Waals surface area contributed by atoms with Crippen LogP contribution in [0.1, 0.15) is 52.4 Å². The minimum atomic E-state index is -0.296. The van der Waals surface area contributed by atoms with Crippen molar-refractivity contribution >= 4 is 11.8 Å². The Labute approximate surface area is 121 Å². The molecule has 0 radical (unpaired) electrons. The van der Waals surface area contributed by atoms with Gasteiger partial charge in [-0.15, -0.1) is 0 Å². The Morgan fingerprint density at radius 3 is 2.40 bits per heavy atom. The summed E-state index contributed by atoms with van der Waals surface area (Å²) in [7, 11) is 0. The third kappa shape index (κ3) is 4.22. The first-order chi connectivity index (χ1) is 9.52. The highest BCUT2D eigenvalue weighted by molar-refractivity contribution is 5.86. The lowest BCUT2D eigenvalue weighted by Gasteiger charge is -2.24. The minimum absolute atomic E-state index is 0.0196. The highest BCUT2D eigenvalue weighted by atomic mass is 16.2. The van der Waals surface area contributed by atoms with Crippen LogP contribution in [0.3, 0.4) is 0 Å². The summed E-state index contributed by atoms with van der Waals surface area (Å²) in [5.41, 5.74) is 5.59. The van der Waals surface area contributed by atoms with E-state index >= 15 is 0 Å². The number of nitrogens with one attached hydrogen (secondary N) is 1. The number of hydrogen-bond acceptors (Lipinski definition) is 2. The Bertz CT molecular complexity index is 365. The molecule has 20 heavy (non-hydrogen) atoms. The number of primary amides is 1. The second-order valence-electron chi connectivity index (χ2n) is 6.74. The predicted molar refractivity (Wildman–Crippen MR) is 78.7 cm³/mol. The molecule has 0 aromatic carbocycles. The molecule has 3 N–H and O–H groups in total. The normalized spacial score (nSPS) is 27.7. The SMILES string of the molecule is CCNC(=O)C(CC1CC1C)[C@H](CCC1CC1)C(N)=O. The van der Waals surface area contributed by atoms with Gasteiger partial charge in [0.25, 0.3) is 0 Å². The van der Waals surface area contributed by atoms with Crippen LogP contribution in [0, 0.1) is 29.6 Å². The molecule has 2 aliphatic carbocycles. The quantitative estimate of drug-likeness (QED) is 0.678. The fourth-order valence-electron chi connectivity index (χ4n) is 3.18. The maximum atomic E-state index is 12.3. The first kappa shape index (κ1) is 15.3. The molecule has 0 aromatic heterocycles. The topological polar surface area (TPSA) is 72.2 Å². The van der Waals surface area contributed by atoms with E-state index in [-0.39, 0.29) is 23.7 Å². The molecule has 0 aromatic rings. The highest BCUT2D eigenvalue weighted by Gasteiger charge is 2.41. The van der Waals surface area contributed by atoms with Crippen molar-refractivity contribution in [2.45, 2.75) is 52.4 Å². The van der Waals surface area contributed by atoms with Crippen LogP contribution in [0.15, 0.2) is 0 Å². The first-order valence-corrected chi connectivity index (χ1v) is 8.09. The summed E-state index contributed by atoms with van der Waals surface area (Å²) < 4.78 is 0. The van der Waals surface area contributed by atoms with Crippen LogP contribution < -0.4 is 11.1 Å². The van der Waals surface area contributed by atoms with E-state index in [9.17, 15) is 9.59 Å². The molecular formula is C16H28N2O2. The van der Waals surface area contributed by atoms with Crippen LogP contribution in [-0.4, -0.2) is 18.4 Å². The summed E-state index contributed by atoms with van der Waals surface area (Å²) in [5.74, 6) is 1.29. The number of carbonyl (C=O) groups is 2. The lowest BCUT2D eigenvalue weighted by atomic mass is 9.82. The predicted octanol–water partition coefficient (Wildman–Crippen LogP) is 2.08. The molecule has 4 heteroatoms. The molecule has 2 rings (SSSR count). The maximum Gasteiger partial charge on any atom is 0.223 e. The summed E-state index contributed by atoms with van der Waals surface area (Å²) >= 11 is 0. The van der Waals surface area contributed by atoms with Gasteiger partial charge in [0, 0.05) is 18.4 Å². The van der Waals surface area contributed by atoms with Crippen LogP contribution in [0.2, 0.25) is 0 Å². The third-order valence-corrected chi connectivity index (χ3v) is 4.95. The molecule has 3 unspecified atom stereocenters. The van der Waals surface area contributed by atoms with E-state index in [1.807, 2.05) is 6.92 Å². The molecule has 4 atom stereocenters. The molecule has 4 nitrogen and oxygen atoms in total. The van der Waals surface area contributed by atoms with E-state index in [1.165, 1.54) is 19.3 Å². The molecule has 2 saturated carbocycles. The summed E-state index contributed by atoms with van der Waals surface area (Å²) in [5, 5.41) is 2.89. The van der Waals surface area contributed by atoms with Gasteiger partial charge >= 0.3 is 0 Å². The molecule has 0 saturated heterocycles. The van der Waals surface area contributed by atoms with Crippen LogP contribution in [-0.2, 0) is 9.59 Å². The zero-order chi connectivity index (χ0) is 14.7. The Morgan fingerprint density at radius 2 is 1.95 bits per heavy atom. The van der Waals surface area contributed by atoms with E-state index in [4.69, 9.17) is 5.73 Å². The molecule has 0 spiro atoms. The van der Waals surface area contributed by atoms with Gasteiger partial charge in [0.1, 0.15) is 0 Å². The van der Waals surface area contributed by atoms with E-state index in [2.05, 4.69) is 12.2 Å². The van der Waals surface area contributed by atoms with Crippen molar-refractivity contribution in [1.82, 2.24) is 5.32 Å². The minimum Gasteiger partial charge on any atom is -0.369 e. The lowest BCUT2D eigenvalue weighted by molar-refractivity contribution is -0.134. The van der Waals surface area contributed by atoms with Gasteiger partial charge < -0.3 is 11.1 Å². The van der Waals surface area contributed by atoms with Crippen molar-refractivity contribution in [3.8, 4) is 0 Å². The number of nitrogens with two attached hydrogens (primary N) is 1. The Morgan fingerprint density at radius 1 is 1.30 bits per heavy atom. The van der Waals surface area contributed by atoms with Gasteiger partial charge in [-0.3, -0.25) is 9.59 Å². The van der Waals surface area contributed by atoms with E-state index < -0.39 is 0 Å². The van der Waals surface area contributed by atoms with Crippen molar-refractivity contribution < 1.29 is 9.59 Å². The Kier molecular flexibility index (Phi) is 5.06. The lowest BCUT2D eigenvalue weighted by Crippen LogP contribution is -2.40. The molecule has 0 bridgehead atoms. The average Bonchev–Trinajstić information content (AvgIpc) is 3.27. The summed E-state index contributed by atoms with van der Waals surface area (Å²) in [6.45, 7) is 4.74. The maximum absolute atomic E-state index is 12.3. The number of amides is 2. The van der Waals surface area contributed by atoms with Crippen molar-refractivity contribution in [2.24, 2.45) is 35.3 Å². The number of hydrogen-bond donors (Lipinski definition) is 2. The van der Waals surface area contributed by atoms with Crippen LogP contribution in [0.4, 0.5) is 0 Å². The molecule has 2 fully saturated rings. The Balaban J connectivity index is 1.98. The van der Waals surface area contributed by atoms with Crippen molar-refractivity contribution in [1.29, 1.82) is 0 Å². The first-order valence-electron chi connectivity index (χ1n) is 8.09. The van der Waals surface area contributed by atoms with Crippen molar-refractivity contribution in [3.05, 3.63) is 0 Å². The molecule has 0 aliphatic heterocycles. The van der Waals surface area contributed by atoms with E-state index in [0.29, 0.717) is 18.4 Å². The third-order valence-electron chi connectivity index (χ3n) is 4.95. The number of rotatable bonds is 9. The van der Waals surface area contributed by atoms with Gasteiger partial charge in [0.2, 0.25) is 11.8 Å². The fourth-order valence-corrected chi connectivity index (χ4v) is 3.18. The zero-order valence-corrected chi connectivity index (χ0v) is 12.7. The van der Waals surface area contributed by atoms with Gasteiger partial charge in [-0.05, 0) is 50.4 Å². The summed E-state index contributed by atoms with van der Waals surface area (Å²) in [6.07, 6.45) is 6.38. The smallest absolute Gasteiger partial charge is 0.223 e. The van der Waals surface area contributed by atoms with Crippen molar-refractivity contribution in [3.63, 3.8) is 0 Å². The van der Waals surface area contributed by atoms with Crippen LogP contribution in [0.25, 0.3) is 0 Å². The monoisotopic (exact) mass is 280 g/mol. The van der Waals surface area contributed by atoms with Gasteiger partial charge in [0.15, 0.2) is 0 Å². The van der Waals surface area contributed by atoms with Crippen LogP contribution in [0.5, 0.6) is 0 Å². The van der Waals surface area contributed by atoms with Gasteiger partial charge in [-0.2, -0.15) is 0 Å². The van der Waals surface area contributed by atoms with Gasteiger partial charge in [-0.1, -0.05) is 19.8 Å². The second-order valence-corrected chi connectivity index (χ2v) is 6.74. The molecule has 2 aliphatic rings. The zero-order valence-electron chi connectivity index (χ0n) is 12.7. The van der Waals surface area contributed by atoms with Crippen molar-refractivity contribution in [2.75, 3.05) is 6.54 Å². The standard InChI is InChI=1S/C16H28N2O2/c1-3-18-16(20)14(9-12-8-10(12)2)13(15(17)19)7-6-11-4-5-11/h10-14H,3-9H2,1-2H3,(H2,17,19)(H,18,20)/t10?,12?,13-,14?/m0/s1. The summed E-state index contributed by atoms with van der Waals surface area (Å²) in [4.78, 5) is 24.1. The molecule has 0 heterocycles. The molecule has 2 amide bonds. The van der Waals surface area contributed by atoms with Crippen LogP contribution >= 0.6 is 0 Å². The average molecular weight is 280 g/mol.